The number of fused-ring (bicyclic) bond motifs is 1. The number of aryl methyl sites for hydroxylation is 1. The molecule has 4 heteroatoms. The van der Waals surface area contributed by atoms with Gasteiger partial charge in [0.15, 0.2) is 5.60 Å². The topological polar surface area (TPSA) is 72.5 Å². The van der Waals surface area contributed by atoms with Crippen molar-refractivity contribution in [1.29, 1.82) is 0 Å². The number of aliphatic hydroxyl groups is 1. The van der Waals surface area contributed by atoms with Crippen LogP contribution in [0, 0.1) is 43.4 Å². The summed E-state index contributed by atoms with van der Waals surface area (Å²) in [6.07, 6.45) is 18.9. The lowest BCUT2D eigenvalue weighted by molar-refractivity contribution is -0.160. The maximum atomic E-state index is 12.1. The van der Waals surface area contributed by atoms with Gasteiger partial charge < -0.3 is 15.6 Å². The average molecular weight is 468 g/mol. The lowest BCUT2D eigenvalue weighted by Gasteiger charge is -2.44. The molecule has 1 aromatic carbocycles. The fourth-order valence-corrected chi connectivity index (χ4v) is 4.56. The number of esters is 1. The normalized spacial score (nSPS) is 30.1. The molecule has 0 spiro atoms. The number of hydrogen-bond donors (Lipinski definition) is 2. The van der Waals surface area contributed by atoms with Gasteiger partial charge in [-0.25, -0.2) is 4.79 Å². The highest BCUT2D eigenvalue weighted by molar-refractivity contribution is 5.82. The molecule has 1 unspecified atom stereocenters. The zero-order chi connectivity index (χ0) is 26.3. The van der Waals surface area contributed by atoms with Gasteiger partial charge in [0.2, 0.25) is 0 Å². The fraction of sp³-hybridized carbons (Fsp3) is 0.500. The van der Waals surface area contributed by atoms with Crippen LogP contribution in [-0.4, -0.2) is 22.8 Å². The lowest BCUT2D eigenvalue weighted by atomic mass is 9.60. The Kier molecular flexibility index (Phi) is 14.7. The molecule has 0 bridgehead atoms. The van der Waals surface area contributed by atoms with Crippen molar-refractivity contribution in [2.75, 3.05) is 0 Å². The first kappa shape index (κ1) is 31.2. The highest BCUT2D eigenvalue weighted by Crippen LogP contribution is 2.51. The predicted molar refractivity (Wildman–Crippen MR) is 144 cm³/mol. The molecule has 1 aliphatic carbocycles. The maximum Gasteiger partial charge on any atom is 0.338 e. The van der Waals surface area contributed by atoms with Crippen molar-refractivity contribution in [3.8, 4) is 12.8 Å². The standard InChI is InChI=1S/C19H29NO3.C7H8.C2H6.C2H2/c1-12(11-20)8-6-5-7-9-16-14(3)13(2)10-19(22)17(16)15(4)23-18(19)21;1-7-5-3-2-4-6-7;2*1-2/h6-9,11,13-17,22H,5,10,20H2,1-4H3;2-6H,1H3;1-2H3;1-2H/b8-6-,9-7+,12-11-;;;/t13-,14?,15+,16-,17-,19-;;;/m0.../s1. The van der Waals surface area contributed by atoms with Gasteiger partial charge in [0, 0.05) is 5.92 Å². The molecule has 1 aromatic rings. The van der Waals surface area contributed by atoms with Gasteiger partial charge in [-0.05, 0) is 63.1 Å². The van der Waals surface area contributed by atoms with Gasteiger partial charge in [-0.15, -0.1) is 12.8 Å². The second-order valence-corrected chi connectivity index (χ2v) is 8.81. The molecule has 1 heterocycles. The van der Waals surface area contributed by atoms with E-state index in [4.69, 9.17) is 10.5 Å². The second kappa shape index (κ2) is 16.0. The number of carbonyl (C=O) groups is 1. The SMILES string of the molecule is C#C.CC.CC(/C=C\C/C=C/[C@H]1C(C)[C@@H](C)C[C@@]2(O)C(=O)O[C@H](C)[C@@H]12)=C/N.Cc1ccccc1. The Balaban J connectivity index is 0.000000826. The number of hydrogen-bond acceptors (Lipinski definition) is 4. The van der Waals surface area contributed by atoms with Crippen molar-refractivity contribution in [3.05, 3.63) is 72.0 Å². The zero-order valence-electron chi connectivity index (χ0n) is 22.1. The van der Waals surface area contributed by atoms with Crippen LogP contribution < -0.4 is 5.73 Å². The van der Waals surface area contributed by atoms with Gasteiger partial charge in [-0.2, -0.15) is 0 Å². The van der Waals surface area contributed by atoms with Crippen LogP contribution in [0.3, 0.4) is 0 Å². The summed E-state index contributed by atoms with van der Waals surface area (Å²) < 4.78 is 5.35. The molecule has 1 saturated carbocycles. The molecule has 188 valence electrons. The molecule has 34 heavy (non-hydrogen) atoms. The van der Waals surface area contributed by atoms with E-state index >= 15 is 0 Å². The van der Waals surface area contributed by atoms with Crippen LogP contribution in [0.5, 0.6) is 0 Å². The van der Waals surface area contributed by atoms with Gasteiger partial charge in [0.25, 0.3) is 0 Å². The van der Waals surface area contributed by atoms with Crippen molar-refractivity contribution in [2.45, 2.75) is 73.0 Å². The number of nitrogens with two attached hydrogens (primary N) is 1. The van der Waals surface area contributed by atoms with Crippen LogP contribution in [0.15, 0.2) is 66.4 Å². The predicted octanol–water partition coefficient (Wildman–Crippen LogP) is 6.21. The Morgan fingerprint density at radius 1 is 1.18 bits per heavy atom. The molecule has 4 nitrogen and oxygen atoms in total. The van der Waals surface area contributed by atoms with Crippen molar-refractivity contribution in [2.24, 2.45) is 29.4 Å². The minimum absolute atomic E-state index is 0.143. The van der Waals surface area contributed by atoms with E-state index in [1.54, 1.807) is 6.20 Å². The summed E-state index contributed by atoms with van der Waals surface area (Å²) in [5.41, 5.74) is 6.45. The summed E-state index contributed by atoms with van der Waals surface area (Å²) in [6, 6.07) is 10.3. The van der Waals surface area contributed by atoms with E-state index in [0.717, 1.165) is 12.0 Å². The molecule has 1 saturated heterocycles. The second-order valence-electron chi connectivity index (χ2n) is 8.81. The Morgan fingerprint density at radius 3 is 2.26 bits per heavy atom. The summed E-state index contributed by atoms with van der Waals surface area (Å²) in [7, 11) is 0. The van der Waals surface area contributed by atoms with Gasteiger partial charge >= 0.3 is 5.97 Å². The quantitative estimate of drug-likeness (QED) is 0.239. The van der Waals surface area contributed by atoms with Gasteiger partial charge in [-0.3, -0.25) is 0 Å². The summed E-state index contributed by atoms with van der Waals surface area (Å²) in [6.45, 7) is 14.2. The molecule has 0 amide bonds. The van der Waals surface area contributed by atoms with Crippen LogP contribution in [0.1, 0.15) is 59.9 Å². The zero-order valence-corrected chi connectivity index (χ0v) is 22.1. The lowest BCUT2D eigenvalue weighted by Crippen LogP contribution is -2.52. The van der Waals surface area contributed by atoms with Crippen LogP contribution >= 0.6 is 0 Å². The van der Waals surface area contributed by atoms with E-state index in [0.29, 0.717) is 12.3 Å². The molecular formula is C30H45NO3. The Hall–Kier alpha value is -2.77. The molecular weight excluding hydrogens is 422 g/mol. The van der Waals surface area contributed by atoms with E-state index < -0.39 is 11.6 Å². The molecule has 2 fully saturated rings. The number of rotatable bonds is 4. The summed E-state index contributed by atoms with van der Waals surface area (Å²) in [4.78, 5) is 12.1. The van der Waals surface area contributed by atoms with E-state index in [2.05, 4.69) is 64.0 Å². The van der Waals surface area contributed by atoms with Crippen molar-refractivity contribution in [3.63, 3.8) is 0 Å². The third-order valence-electron chi connectivity index (χ3n) is 6.47. The number of ether oxygens (including phenoxy) is 1. The van der Waals surface area contributed by atoms with Crippen LogP contribution in [0.2, 0.25) is 0 Å². The first-order valence-electron chi connectivity index (χ1n) is 12.2. The third-order valence-corrected chi connectivity index (χ3v) is 6.47. The highest BCUT2D eigenvalue weighted by Gasteiger charge is 2.61. The third kappa shape index (κ3) is 8.54. The van der Waals surface area contributed by atoms with Crippen molar-refractivity contribution >= 4 is 5.97 Å². The Morgan fingerprint density at radius 2 is 1.76 bits per heavy atom. The minimum atomic E-state index is -1.32. The first-order valence-corrected chi connectivity index (χ1v) is 12.2. The maximum absolute atomic E-state index is 12.1. The number of terminal acetylenes is 1. The minimum Gasteiger partial charge on any atom is -0.460 e. The number of carbonyl (C=O) groups excluding carboxylic acids is 1. The van der Waals surface area contributed by atoms with E-state index in [-0.39, 0.29) is 23.9 Å². The van der Waals surface area contributed by atoms with E-state index in [1.165, 1.54) is 5.56 Å². The van der Waals surface area contributed by atoms with E-state index in [1.807, 2.05) is 52.0 Å². The van der Waals surface area contributed by atoms with Crippen molar-refractivity contribution in [1.82, 2.24) is 0 Å². The highest BCUT2D eigenvalue weighted by atomic mass is 16.6. The number of allylic oxidation sites excluding steroid dienone is 5. The molecule has 0 aromatic heterocycles. The fourth-order valence-electron chi connectivity index (χ4n) is 4.56. The summed E-state index contributed by atoms with van der Waals surface area (Å²) >= 11 is 0. The number of cyclic esters (lactones) is 1. The Labute approximate surface area is 208 Å². The van der Waals surface area contributed by atoms with Crippen molar-refractivity contribution < 1.29 is 14.6 Å². The molecule has 2 aliphatic rings. The van der Waals surface area contributed by atoms with Gasteiger partial charge in [-0.1, -0.05) is 87.9 Å². The van der Waals surface area contributed by atoms with Gasteiger partial charge in [0.05, 0.1) is 0 Å². The first-order chi connectivity index (χ1) is 16.2. The largest absolute Gasteiger partial charge is 0.460 e. The van der Waals surface area contributed by atoms with Gasteiger partial charge in [0.1, 0.15) is 6.10 Å². The van der Waals surface area contributed by atoms with Crippen LogP contribution in [0.4, 0.5) is 0 Å². The van der Waals surface area contributed by atoms with Crippen LogP contribution in [0.25, 0.3) is 0 Å². The summed E-state index contributed by atoms with van der Waals surface area (Å²) in [5, 5.41) is 10.9. The summed E-state index contributed by atoms with van der Waals surface area (Å²) in [5.74, 6) is 0.220. The smallest absolute Gasteiger partial charge is 0.338 e. The molecule has 3 N–H and O–H groups in total. The molecule has 1 aliphatic heterocycles. The molecule has 3 rings (SSSR count). The Bertz CT molecular complexity index is 824. The molecule has 0 radical (unpaired) electrons. The number of benzene rings is 1. The average Bonchev–Trinajstić information content (AvgIpc) is 3.06. The van der Waals surface area contributed by atoms with Crippen LogP contribution in [-0.2, 0) is 9.53 Å². The monoisotopic (exact) mass is 467 g/mol. The van der Waals surface area contributed by atoms with E-state index in [9.17, 15) is 9.90 Å². The molecule has 6 atom stereocenters.